The Morgan fingerprint density at radius 3 is 2.17 bits per heavy atom. The van der Waals surface area contributed by atoms with Crippen LogP contribution in [-0.2, 0) is 16.6 Å². The van der Waals surface area contributed by atoms with Gasteiger partial charge in [-0.2, -0.15) is 4.80 Å². The third-order valence-electron chi connectivity index (χ3n) is 5.10. The second kappa shape index (κ2) is 7.59. The van der Waals surface area contributed by atoms with E-state index in [1.54, 1.807) is 4.80 Å². The van der Waals surface area contributed by atoms with Crippen molar-refractivity contribution in [1.29, 1.82) is 0 Å². The number of nitrogens with two attached hydrogens (primary N) is 1. The number of fused-ring (bicyclic) bond motifs is 1. The molecule has 154 valence electrons. The maximum atomic E-state index is 11.3. The number of carboxylic acid groups (broad SMARTS) is 1. The van der Waals surface area contributed by atoms with Crippen molar-refractivity contribution in [3.8, 4) is 5.69 Å². The first kappa shape index (κ1) is 21.0. The van der Waals surface area contributed by atoms with Crippen LogP contribution in [0.5, 0.6) is 0 Å². The van der Waals surface area contributed by atoms with Crippen LogP contribution < -0.4 is 5.73 Å². The van der Waals surface area contributed by atoms with E-state index in [-0.39, 0.29) is 17.3 Å². The van der Waals surface area contributed by atoms with Crippen molar-refractivity contribution in [2.45, 2.75) is 58.9 Å². The molecule has 3 rings (SSSR count). The molecular weight excluding hydrogens is 364 g/mol. The average molecular weight is 395 g/mol. The summed E-state index contributed by atoms with van der Waals surface area (Å²) in [4.78, 5) is 12.9. The Morgan fingerprint density at radius 2 is 1.66 bits per heavy atom. The van der Waals surface area contributed by atoms with Gasteiger partial charge in [0, 0.05) is 6.42 Å². The van der Waals surface area contributed by atoms with Gasteiger partial charge in [-0.05, 0) is 46.6 Å². The van der Waals surface area contributed by atoms with Crippen molar-refractivity contribution in [2.75, 3.05) is 0 Å². The molecule has 0 radical (unpaired) electrons. The van der Waals surface area contributed by atoms with Crippen molar-refractivity contribution < 1.29 is 9.90 Å². The average Bonchev–Trinajstić information content (AvgIpc) is 3.03. The maximum absolute atomic E-state index is 11.3. The van der Waals surface area contributed by atoms with Gasteiger partial charge in [-0.15, -0.1) is 10.2 Å². The lowest BCUT2D eigenvalue weighted by molar-refractivity contribution is -0.138. The van der Waals surface area contributed by atoms with E-state index in [0.29, 0.717) is 0 Å². The number of aliphatic carboxylic acids is 1. The molecule has 3 N–H and O–H groups in total. The molecule has 6 heteroatoms. The monoisotopic (exact) mass is 394 g/mol. The molecule has 0 aliphatic carbocycles. The lowest BCUT2D eigenvalue weighted by Gasteiger charge is -2.33. The molecule has 1 heterocycles. The first-order valence-corrected chi connectivity index (χ1v) is 9.90. The van der Waals surface area contributed by atoms with Gasteiger partial charge in [-0.25, -0.2) is 0 Å². The predicted octanol–water partition coefficient (Wildman–Crippen LogP) is 4.09. The lowest BCUT2D eigenvalue weighted by Crippen LogP contribution is -2.33. The van der Waals surface area contributed by atoms with Gasteiger partial charge in [0.25, 0.3) is 0 Å². The summed E-state index contributed by atoms with van der Waals surface area (Å²) in [6.07, 6.45) is 1.21. The maximum Gasteiger partial charge on any atom is 0.320 e. The number of hydrogen-bond donors (Lipinski definition) is 2. The third-order valence-corrected chi connectivity index (χ3v) is 5.10. The highest BCUT2D eigenvalue weighted by Crippen LogP contribution is 2.37. The predicted molar refractivity (Wildman–Crippen MR) is 115 cm³/mol. The highest BCUT2D eigenvalue weighted by atomic mass is 16.4. The highest BCUT2D eigenvalue weighted by Gasteiger charge is 2.28. The fourth-order valence-electron chi connectivity index (χ4n) is 4.06. The van der Waals surface area contributed by atoms with Crippen LogP contribution in [0.3, 0.4) is 0 Å². The molecule has 0 unspecified atom stereocenters. The normalized spacial score (nSPS) is 13.6. The van der Waals surface area contributed by atoms with Crippen LogP contribution in [0.4, 0.5) is 0 Å². The summed E-state index contributed by atoms with van der Waals surface area (Å²) in [6, 6.07) is 12.8. The van der Waals surface area contributed by atoms with E-state index in [9.17, 15) is 9.90 Å². The number of nitrogens with zero attached hydrogens (tertiary/aromatic N) is 3. The zero-order valence-electron chi connectivity index (χ0n) is 17.8. The minimum Gasteiger partial charge on any atom is -0.480 e. The molecule has 0 saturated carbocycles. The standard InChI is InChI=1S/C23H30N4O2/c1-22(2,3)14-23(4,5)16-11-10-15(12-17(24)21(28)29)20(13-16)27-25-18-8-6-7-9-19(18)26-27/h6-11,13,17H,12,14,24H2,1-5H3,(H,28,29)/t17-/m0/s1. The summed E-state index contributed by atoms with van der Waals surface area (Å²) < 4.78 is 0. The molecule has 0 fully saturated rings. The molecule has 0 saturated heterocycles. The van der Waals surface area contributed by atoms with E-state index in [1.807, 2.05) is 30.3 Å². The molecule has 0 aliphatic heterocycles. The Morgan fingerprint density at radius 1 is 1.07 bits per heavy atom. The fourth-order valence-corrected chi connectivity index (χ4v) is 4.06. The van der Waals surface area contributed by atoms with Gasteiger partial charge in [0.15, 0.2) is 0 Å². The zero-order chi connectivity index (χ0) is 21.4. The second-order valence-electron chi connectivity index (χ2n) is 9.59. The van der Waals surface area contributed by atoms with Gasteiger partial charge in [-0.3, -0.25) is 4.79 Å². The Hall–Kier alpha value is -2.73. The van der Waals surface area contributed by atoms with Crippen LogP contribution in [0.15, 0.2) is 42.5 Å². The molecule has 0 bridgehead atoms. The van der Waals surface area contributed by atoms with E-state index in [0.717, 1.165) is 34.3 Å². The molecule has 1 atom stereocenters. The Kier molecular flexibility index (Phi) is 5.50. The van der Waals surface area contributed by atoms with Crippen LogP contribution in [0.25, 0.3) is 16.7 Å². The summed E-state index contributed by atoms with van der Waals surface area (Å²) in [7, 11) is 0. The molecule has 0 spiro atoms. The molecule has 0 amide bonds. The van der Waals surface area contributed by atoms with Gasteiger partial charge in [0.05, 0.1) is 5.69 Å². The van der Waals surface area contributed by atoms with Gasteiger partial charge in [-0.1, -0.05) is 58.9 Å². The minimum absolute atomic E-state index is 0.0625. The number of hydrogen-bond acceptors (Lipinski definition) is 4. The molecule has 6 nitrogen and oxygen atoms in total. The largest absolute Gasteiger partial charge is 0.480 e. The van der Waals surface area contributed by atoms with E-state index < -0.39 is 12.0 Å². The minimum atomic E-state index is -1.02. The smallest absolute Gasteiger partial charge is 0.320 e. The summed E-state index contributed by atoms with van der Waals surface area (Å²) in [5, 5.41) is 18.5. The first-order chi connectivity index (χ1) is 13.5. The topological polar surface area (TPSA) is 94.0 Å². The molecule has 3 aromatic rings. The molecule has 1 aromatic heterocycles. The van der Waals surface area contributed by atoms with Crippen LogP contribution in [0, 0.1) is 5.41 Å². The number of carbonyl (C=O) groups is 1. The quantitative estimate of drug-likeness (QED) is 0.657. The van der Waals surface area contributed by atoms with E-state index in [2.05, 4.69) is 56.9 Å². The summed E-state index contributed by atoms with van der Waals surface area (Å²) in [6.45, 7) is 11.2. The van der Waals surface area contributed by atoms with Crippen LogP contribution in [0.1, 0.15) is 52.2 Å². The SMILES string of the molecule is CC(C)(C)CC(C)(C)c1ccc(C[C@H](N)C(=O)O)c(-n2nc3ccccc3n2)c1. The Labute approximate surface area is 171 Å². The number of rotatable bonds is 6. The first-order valence-electron chi connectivity index (χ1n) is 9.90. The van der Waals surface area contributed by atoms with Crippen molar-refractivity contribution in [3.05, 3.63) is 53.6 Å². The fraction of sp³-hybridized carbons (Fsp3) is 0.435. The third kappa shape index (κ3) is 4.82. The summed E-state index contributed by atoms with van der Waals surface area (Å²) in [5.74, 6) is -1.02. The number of aromatic nitrogens is 3. The van der Waals surface area contributed by atoms with Gasteiger partial charge in [0.2, 0.25) is 0 Å². The molecule has 0 aliphatic rings. The van der Waals surface area contributed by atoms with Crippen LogP contribution in [-0.4, -0.2) is 32.1 Å². The van der Waals surface area contributed by atoms with Crippen molar-refractivity contribution in [1.82, 2.24) is 15.0 Å². The lowest BCUT2D eigenvalue weighted by atomic mass is 9.72. The highest BCUT2D eigenvalue weighted by molar-refractivity contribution is 5.74. The summed E-state index contributed by atoms with van der Waals surface area (Å²) >= 11 is 0. The van der Waals surface area contributed by atoms with Gasteiger partial charge >= 0.3 is 5.97 Å². The van der Waals surface area contributed by atoms with Gasteiger partial charge in [0.1, 0.15) is 17.1 Å². The van der Waals surface area contributed by atoms with E-state index in [1.165, 1.54) is 0 Å². The Balaban J connectivity index is 2.11. The van der Waals surface area contributed by atoms with E-state index >= 15 is 0 Å². The number of carboxylic acids is 1. The molecular formula is C23H30N4O2. The zero-order valence-corrected chi connectivity index (χ0v) is 17.8. The van der Waals surface area contributed by atoms with Crippen molar-refractivity contribution >= 4 is 17.0 Å². The summed E-state index contributed by atoms with van der Waals surface area (Å²) in [5.41, 5.74) is 10.3. The molecule has 2 aromatic carbocycles. The Bertz CT molecular complexity index is 998. The van der Waals surface area contributed by atoms with E-state index in [4.69, 9.17) is 5.73 Å². The number of benzene rings is 2. The van der Waals surface area contributed by atoms with Crippen molar-refractivity contribution in [2.24, 2.45) is 11.1 Å². The van der Waals surface area contributed by atoms with Crippen LogP contribution >= 0.6 is 0 Å². The van der Waals surface area contributed by atoms with Gasteiger partial charge < -0.3 is 10.8 Å². The second-order valence-corrected chi connectivity index (χ2v) is 9.59. The van der Waals surface area contributed by atoms with Crippen LogP contribution in [0.2, 0.25) is 0 Å². The van der Waals surface area contributed by atoms with Crippen molar-refractivity contribution in [3.63, 3.8) is 0 Å². The molecule has 29 heavy (non-hydrogen) atoms.